The molecule has 4 amide bonds. The molecule has 0 spiro atoms. The first kappa shape index (κ1) is 37.7. The van der Waals surface area contributed by atoms with Crippen LogP contribution in [0.15, 0.2) is 107 Å². The van der Waals surface area contributed by atoms with Gasteiger partial charge in [0, 0.05) is 63.4 Å². The van der Waals surface area contributed by atoms with E-state index in [4.69, 9.17) is 20.6 Å². The van der Waals surface area contributed by atoms with Gasteiger partial charge in [0.15, 0.2) is 0 Å². The minimum atomic E-state index is -1.75. The number of carbonyl (C=O) groups excluding carboxylic acids is 2. The number of nitrogens with one attached hydrogen (secondary N) is 4. The quantitative estimate of drug-likeness (QED) is 0.0940. The molecule has 0 aliphatic rings. The number of amides is 4. The number of nitriles is 1. The molecule has 4 N–H and O–H groups in total. The van der Waals surface area contributed by atoms with Crippen LogP contribution < -0.4 is 21.3 Å². The van der Waals surface area contributed by atoms with E-state index in [2.05, 4.69) is 63.1 Å². The van der Waals surface area contributed by atoms with Gasteiger partial charge in [0.05, 0.1) is 11.2 Å². The number of nitrogens with zero attached hydrogens (tertiary/aromatic N) is 4. The standard InChI is InChI=1S/2C12H10BrN3O.C2H3N.Ag.NO3/c2*13-9-1-3-10(4-2-9)15-12(17)16-11-5-7-14-8-6-11;1-2-3;;2-1(3)4/h2*1-8H,(H2,14,15,16,17);1H3;;/q;;;+1;-1. The molecule has 222 valence electrons. The van der Waals surface area contributed by atoms with Crippen molar-refractivity contribution >= 4 is 66.7 Å². The van der Waals surface area contributed by atoms with Crippen LogP contribution in [-0.2, 0) is 22.4 Å². The number of aromatic nitrogens is 2. The second kappa shape index (κ2) is 22.4. The van der Waals surface area contributed by atoms with Gasteiger partial charge in [0.25, 0.3) is 0 Å². The van der Waals surface area contributed by atoms with Crippen LogP contribution >= 0.6 is 31.9 Å². The zero-order chi connectivity index (χ0) is 30.5. The molecule has 2 aromatic carbocycles. The topological polar surface area (TPSA) is 198 Å². The molecular weight excluding hydrogens is 772 g/mol. The minimum absolute atomic E-state index is 0. The molecule has 42 heavy (non-hydrogen) atoms. The molecule has 0 aliphatic heterocycles. The van der Waals surface area contributed by atoms with Gasteiger partial charge in [-0.15, -0.1) is 0 Å². The van der Waals surface area contributed by atoms with Crippen molar-refractivity contribution < 1.29 is 37.1 Å². The smallest absolute Gasteiger partial charge is 0.356 e. The van der Waals surface area contributed by atoms with Crippen LogP contribution in [0.25, 0.3) is 0 Å². The van der Waals surface area contributed by atoms with E-state index in [0.717, 1.165) is 20.3 Å². The monoisotopic (exact) mass is 792 g/mol. The first-order valence-electron chi connectivity index (χ1n) is 11.2. The fraction of sp³-hybridized carbons (Fsp3) is 0.0385. The fourth-order valence-electron chi connectivity index (χ4n) is 2.52. The molecule has 0 bridgehead atoms. The number of rotatable bonds is 4. The van der Waals surface area contributed by atoms with E-state index in [1.54, 1.807) is 55.1 Å². The van der Waals surface area contributed by atoms with Crippen LogP contribution in [0.1, 0.15) is 6.92 Å². The zero-order valence-corrected chi connectivity index (χ0v) is 26.3. The fourth-order valence-corrected chi connectivity index (χ4v) is 3.05. The van der Waals surface area contributed by atoms with E-state index in [1.807, 2.05) is 48.5 Å². The number of halogens is 2. The molecule has 4 aromatic rings. The Morgan fingerprint density at radius 1 is 0.667 bits per heavy atom. The Morgan fingerprint density at radius 2 is 0.881 bits per heavy atom. The first-order chi connectivity index (χ1) is 19.6. The Morgan fingerprint density at radius 3 is 1.12 bits per heavy atom. The van der Waals surface area contributed by atoms with Crippen molar-refractivity contribution in [1.29, 1.82) is 5.26 Å². The van der Waals surface area contributed by atoms with Crippen LogP contribution in [0.2, 0.25) is 0 Å². The van der Waals surface area contributed by atoms with Gasteiger partial charge in [-0.05, 0) is 72.8 Å². The maximum atomic E-state index is 11.6. The van der Waals surface area contributed by atoms with Crippen molar-refractivity contribution in [3.05, 3.63) is 122 Å². The first-order valence-corrected chi connectivity index (χ1v) is 12.8. The second-order valence-electron chi connectivity index (χ2n) is 7.09. The minimum Gasteiger partial charge on any atom is -0.356 e. The SMILES string of the molecule is CC#N.O=C(Nc1ccncc1)Nc1ccc(Br)cc1.O=C(Nc1ccncc1)Nc1ccc(Br)cc1.O=[N+]([O-])[O-].[Ag+]. The molecule has 0 fully saturated rings. The summed E-state index contributed by atoms with van der Waals surface area (Å²) in [5.74, 6) is 0. The van der Waals surface area contributed by atoms with Crippen molar-refractivity contribution in [2.75, 3.05) is 21.3 Å². The van der Waals surface area contributed by atoms with Crippen molar-refractivity contribution in [1.82, 2.24) is 9.97 Å². The van der Waals surface area contributed by atoms with Gasteiger partial charge in [0.1, 0.15) is 0 Å². The molecule has 0 saturated carbocycles. The number of anilines is 4. The molecule has 0 radical (unpaired) electrons. The van der Waals surface area contributed by atoms with E-state index in [-0.39, 0.29) is 34.4 Å². The Balaban J connectivity index is 0.000000644. The number of hydrogen-bond donors (Lipinski definition) is 4. The van der Waals surface area contributed by atoms with Crippen LogP contribution in [0.3, 0.4) is 0 Å². The van der Waals surface area contributed by atoms with E-state index in [0.29, 0.717) is 11.4 Å². The van der Waals surface area contributed by atoms with Gasteiger partial charge in [-0.3, -0.25) is 9.97 Å². The zero-order valence-electron chi connectivity index (χ0n) is 21.6. The molecule has 13 nitrogen and oxygen atoms in total. The summed E-state index contributed by atoms with van der Waals surface area (Å²) in [6, 6.07) is 22.8. The molecule has 0 atom stereocenters. The Labute approximate surface area is 273 Å². The van der Waals surface area contributed by atoms with Gasteiger partial charge in [0.2, 0.25) is 0 Å². The molecule has 0 saturated heterocycles. The number of pyridine rings is 2. The van der Waals surface area contributed by atoms with Crippen LogP contribution in [0.4, 0.5) is 32.3 Å². The van der Waals surface area contributed by atoms with Gasteiger partial charge in [-0.2, -0.15) is 5.26 Å². The van der Waals surface area contributed by atoms with E-state index < -0.39 is 5.09 Å². The average molecular weight is 795 g/mol. The Hall–Kier alpha value is -4.33. The third-order valence-electron chi connectivity index (χ3n) is 4.08. The van der Waals surface area contributed by atoms with Crippen molar-refractivity contribution in [2.24, 2.45) is 0 Å². The summed E-state index contributed by atoms with van der Waals surface area (Å²) in [4.78, 5) is 39.2. The van der Waals surface area contributed by atoms with Crippen molar-refractivity contribution in [2.45, 2.75) is 6.92 Å². The summed E-state index contributed by atoms with van der Waals surface area (Å²) < 4.78 is 1.94. The summed E-state index contributed by atoms with van der Waals surface area (Å²) in [5, 5.41) is 32.9. The molecular formula is C26H23AgBr2N8O5. The summed E-state index contributed by atoms with van der Waals surface area (Å²) in [6.45, 7) is 1.43. The molecule has 16 heteroatoms. The van der Waals surface area contributed by atoms with E-state index in [1.165, 1.54) is 6.92 Å². The van der Waals surface area contributed by atoms with E-state index >= 15 is 0 Å². The number of benzene rings is 2. The molecule has 2 heterocycles. The number of carbonyl (C=O) groups is 2. The van der Waals surface area contributed by atoms with Gasteiger partial charge in [-0.1, -0.05) is 31.9 Å². The third kappa shape index (κ3) is 18.9. The second-order valence-corrected chi connectivity index (χ2v) is 8.92. The van der Waals surface area contributed by atoms with E-state index in [9.17, 15) is 9.59 Å². The molecule has 2 aromatic heterocycles. The Bertz CT molecular complexity index is 1300. The van der Waals surface area contributed by atoms with Crippen LogP contribution in [0.5, 0.6) is 0 Å². The summed E-state index contributed by atoms with van der Waals surface area (Å²) >= 11 is 6.66. The maximum Gasteiger partial charge on any atom is 1.00 e. The summed E-state index contributed by atoms with van der Waals surface area (Å²) in [6.07, 6.45) is 6.48. The van der Waals surface area contributed by atoms with Gasteiger partial charge in [-0.25, -0.2) is 9.59 Å². The third-order valence-corrected chi connectivity index (χ3v) is 5.14. The normalized spacial score (nSPS) is 8.62. The largest absolute Gasteiger partial charge is 1.00 e. The number of hydrogen-bond acceptors (Lipinski definition) is 8. The Kier molecular flexibility index (Phi) is 20.1. The molecule has 0 unspecified atom stereocenters. The molecule has 4 rings (SSSR count). The average Bonchev–Trinajstić information content (AvgIpc) is 2.93. The number of urea groups is 2. The van der Waals surface area contributed by atoms with Crippen molar-refractivity contribution in [3.8, 4) is 6.07 Å². The maximum absolute atomic E-state index is 11.6. The summed E-state index contributed by atoms with van der Waals surface area (Å²) in [5.41, 5.74) is 2.88. The molecule has 0 aliphatic carbocycles. The summed E-state index contributed by atoms with van der Waals surface area (Å²) in [7, 11) is 0. The predicted octanol–water partition coefficient (Wildman–Crippen LogP) is 7.26. The predicted molar refractivity (Wildman–Crippen MR) is 164 cm³/mol. The van der Waals surface area contributed by atoms with Gasteiger partial charge >= 0.3 is 34.4 Å². The van der Waals surface area contributed by atoms with Crippen LogP contribution in [0, 0.1) is 26.7 Å². The van der Waals surface area contributed by atoms with Crippen molar-refractivity contribution in [3.63, 3.8) is 0 Å². The van der Waals surface area contributed by atoms with Gasteiger partial charge < -0.3 is 36.6 Å². The van der Waals surface area contributed by atoms with Crippen LogP contribution in [-0.4, -0.2) is 27.1 Å².